The van der Waals surface area contributed by atoms with Crippen molar-refractivity contribution in [2.75, 3.05) is 38.2 Å². The van der Waals surface area contributed by atoms with Gasteiger partial charge in [0.1, 0.15) is 0 Å². The van der Waals surface area contributed by atoms with E-state index in [-0.39, 0.29) is 23.4 Å². The van der Waals surface area contributed by atoms with Crippen molar-refractivity contribution in [3.05, 3.63) is 29.8 Å². The Labute approximate surface area is 155 Å². The average Bonchev–Trinajstić information content (AvgIpc) is 2.61. The lowest BCUT2D eigenvalue weighted by atomic mass is 9.93. The van der Waals surface area contributed by atoms with Gasteiger partial charge < -0.3 is 19.9 Å². The SMILES string of the molecule is Cc1cccc(NC(=O)N2CCCC(C(=O)N3CCOCC3(C)C)C2)c1. The molecule has 0 aliphatic carbocycles. The first-order chi connectivity index (χ1) is 12.4. The van der Waals surface area contributed by atoms with Crippen molar-refractivity contribution in [2.24, 2.45) is 5.92 Å². The summed E-state index contributed by atoms with van der Waals surface area (Å²) in [5.74, 6) is 0.00994. The number of nitrogens with zero attached hydrogens (tertiary/aromatic N) is 2. The molecule has 1 N–H and O–H groups in total. The van der Waals surface area contributed by atoms with Gasteiger partial charge in [-0.15, -0.1) is 0 Å². The number of aryl methyl sites for hydroxylation is 1. The molecule has 1 atom stereocenters. The Morgan fingerprint density at radius 1 is 1.27 bits per heavy atom. The molecule has 0 bridgehead atoms. The second kappa shape index (κ2) is 7.66. The fourth-order valence-electron chi connectivity index (χ4n) is 3.78. The largest absolute Gasteiger partial charge is 0.377 e. The van der Waals surface area contributed by atoms with E-state index in [0.717, 1.165) is 24.1 Å². The molecule has 1 aromatic rings. The zero-order chi connectivity index (χ0) is 18.7. The van der Waals surface area contributed by atoms with Crippen LogP contribution >= 0.6 is 0 Å². The normalized spacial score (nSPS) is 22.8. The minimum Gasteiger partial charge on any atom is -0.377 e. The number of morpholine rings is 1. The minimum atomic E-state index is -0.290. The molecule has 2 fully saturated rings. The van der Waals surface area contributed by atoms with Crippen LogP contribution in [0.15, 0.2) is 24.3 Å². The zero-order valence-electron chi connectivity index (χ0n) is 16.0. The van der Waals surface area contributed by atoms with E-state index in [2.05, 4.69) is 5.32 Å². The number of hydrogen-bond donors (Lipinski definition) is 1. The van der Waals surface area contributed by atoms with Crippen LogP contribution in [0.3, 0.4) is 0 Å². The number of likely N-dealkylation sites (tertiary alicyclic amines) is 1. The number of benzene rings is 1. The molecule has 2 saturated heterocycles. The van der Waals surface area contributed by atoms with Crippen molar-refractivity contribution in [3.8, 4) is 0 Å². The molecule has 6 nitrogen and oxygen atoms in total. The molecule has 3 amide bonds. The van der Waals surface area contributed by atoms with Crippen molar-refractivity contribution in [1.29, 1.82) is 0 Å². The van der Waals surface area contributed by atoms with Crippen LogP contribution in [-0.4, -0.2) is 60.1 Å². The Morgan fingerprint density at radius 3 is 2.81 bits per heavy atom. The Balaban J connectivity index is 1.63. The predicted molar refractivity (Wildman–Crippen MR) is 101 cm³/mol. The number of carbonyl (C=O) groups excluding carboxylic acids is 2. The third-order valence-electron chi connectivity index (χ3n) is 5.24. The van der Waals surface area contributed by atoms with Crippen LogP contribution in [0.1, 0.15) is 32.3 Å². The van der Waals surface area contributed by atoms with Gasteiger partial charge in [-0.1, -0.05) is 12.1 Å². The first kappa shape index (κ1) is 18.7. The van der Waals surface area contributed by atoms with Gasteiger partial charge in [0.05, 0.1) is 24.7 Å². The summed E-state index contributed by atoms with van der Waals surface area (Å²) in [6.07, 6.45) is 1.68. The highest BCUT2D eigenvalue weighted by atomic mass is 16.5. The van der Waals surface area contributed by atoms with Crippen LogP contribution in [0, 0.1) is 12.8 Å². The standard InChI is InChI=1S/C20H29N3O3/c1-15-6-4-8-17(12-15)21-19(25)22-9-5-7-16(13-22)18(24)23-10-11-26-14-20(23,2)3/h4,6,8,12,16H,5,7,9-11,13-14H2,1-3H3,(H,21,25). The highest BCUT2D eigenvalue weighted by molar-refractivity contribution is 5.90. The average molecular weight is 359 g/mol. The first-order valence-corrected chi connectivity index (χ1v) is 9.39. The van der Waals surface area contributed by atoms with Crippen LogP contribution < -0.4 is 5.32 Å². The molecule has 142 valence electrons. The van der Waals surface area contributed by atoms with Crippen molar-refractivity contribution in [3.63, 3.8) is 0 Å². The van der Waals surface area contributed by atoms with Crippen LogP contribution in [0.4, 0.5) is 10.5 Å². The van der Waals surface area contributed by atoms with E-state index in [1.165, 1.54) is 0 Å². The topological polar surface area (TPSA) is 61.9 Å². The smallest absolute Gasteiger partial charge is 0.321 e. The second-order valence-corrected chi connectivity index (χ2v) is 7.94. The summed E-state index contributed by atoms with van der Waals surface area (Å²) in [6.45, 7) is 9.00. The number of nitrogens with one attached hydrogen (secondary N) is 1. The van der Waals surface area contributed by atoms with Crippen molar-refractivity contribution in [1.82, 2.24) is 9.80 Å². The summed E-state index contributed by atoms with van der Waals surface area (Å²) in [6, 6.07) is 7.62. The number of urea groups is 1. The maximum atomic E-state index is 13.1. The molecule has 2 aliphatic heterocycles. The predicted octanol–water partition coefficient (Wildman–Crippen LogP) is 2.88. The molecular formula is C20H29N3O3. The van der Waals surface area contributed by atoms with E-state index in [4.69, 9.17) is 4.74 Å². The monoisotopic (exact) mass is 359 g/mol. The zero-order valence-corrected chi connectivity index (χ0v) is 16.0. The highest BCUT2D eigenvalue weighted by Crippen LogP contribution is 2.26. The van der Waals surface area contributed by atoms with E-state index >= 15 is 0 Å². The van der Waals surface area contributed by atoms with E-state index in [9.17, 15) is 9.59 Å². The van der Waals surface area contributed by atoms with Crippen molar-refractivity contribution < 1.29 is 14.3 Å². The summed E-state index contributed by atoms with van der Waals surface area (Å²) in [4.78, 5) is 29.4. The number of anilines is 1. The van der Waals surface area contributed by atoms with Crippen molar-refractivity contribution in [2.45, 2.75) is 39.2 Å². The maximum Gasteiger partial charge on any atom is 0.321 e. The summed E-state index contributed by atoms with van der Waals surface area (Å²) in [5, 5.41) is 2.95. The van der Waals surface area contributed by atoms with Crippen LogP contribution in [0.2, 0.25) is 0 Å². The minimum absolute atomic E-state index is 0.130. The number of hydrogen-bond acceptors (Lipinski definition) is 3. The fourth-order valence-corrected chi connectivity index (χ4v) is 3.78. The first-order valence-electron chi connectivity index (χ1n) is 9.39. The molecule has 1 aromatic carbocycles. The molecule has 26 heavy (non-hydrogen) atoms. The lowest BCUT2D eigenvalue weighted by Gasteiger charge is -2.45. The van der Waals surface area contributed by atoms with Gasteiger partial charge in [-0.2, -0.15) is 0 Å². The van der Waals surface area contributed by atoms with E-state index in [1.807, 2.05) is 49.9 Å². The van der Waals surface area contributed by atoms with Gasteiger partial charge >= 0.3 is 6.03 Å². The van der Waals surface area contributed by atoms with Gasteiger partial charge in [0.2, 0.25) is 5.91 Å². The van der Waals surface area contributed by atoms with Gasteiger partial charge in [-0.3, -0.25) is 4.79 Å². The summed E-state index contributed by atoms with van der Waals surface area (Å²) >= 11 is 0. The molecule has 0 spiro atoms. The van der Waals surface area contributed by atoms with E-state index < -0.39 is 0 Å². The fraction of sp³-hybridized carbons (Fsp3) is 0.600. The third-order valence-corrected chi connectivity index (χ3v) is 5.24. The lowest BCUT2D eigenvalue weighted by molar-refractivity contribution is -0.152. The second-order valence-electron chi connectivity index (χ2n) is 7.94. The van der Waals surface area contributed by atoms with Crippen LogP contribution in [0.5, 0.6) is 0 Å². The summed E-state index contributed by atoms with van der Waals surface area (Å²) in [5.41, 5.74) is 1.60. The van der Waals surface area contributed by atoms with E-state index in [1.54, 1.807) is 4.90 Å². The number of rotatable bonds is 2. The van der Waals surface area contributed by atoms with E-state index in [0.29, 0.717) is 32.8 Å². The summed E-state index contributed by atoms with van der Waals surface area (Å²) in [7, 11) is 0. The van der Waals surface area contributed by atoms with Gasteiger partial charge in [0.25, 0.3) is 0 Å². The molecule has 0 aromatic heterocycles. The van der Waals surface area contributed by atoms with Crippen LogP contribution in [0.25, 0.3) is 0 Å². The number of carbonyl (C=O) groups is 2. The Morgan fingerprint density at radius 2 is 2.08 bits per heavy atom. The summed E-state index contributed by atoms with van der Waals surface area (Å²) < 4.78 is 5.52. The van der Waals surface area contributed by atoms with Crippen molar-refractivity contribution >= 4 is 17.6 Å². The maximum absolute atomic E-state index is 13.1. The number of piperidine rings is 1. The quantitative estimate of drug-likeness (QED) is 0.883. The Bertz CT molecular complexity index is 674. The Kier molecular flexibility index (Phi) is 5.51. The highest BCUT2D eigenvalue weighted by Gasteiger charge is 2.39. The molecule has 2 aliphatic rings. The molecule has 0 saturated carbocycles. The lowest BCUT2D eigenvalue weighted by Crippen LogP contribution is -2.58. The van der Waals surface area contributed by atoms with Crippen LogP contribution in [-0.2, 0) is 9.53 Å². The van der Waals surface area contributed by atoms with Gasteiger partial charge in [-0.25, -0.2) is 4.79 Å². The molecule has 2 heterocycles. The van der Waals surface area contributed by atoms with Gasteiger partial charge in [-0.05, 0) is 51.3 Å². The molecule has 3 rings (SSSR count). The molecule has 0 radical (unpaired) electrons. The van der Waals surface area contributed by atoms with Gasteiger partial charge in [0, 0.05) is 25.3 Å². The molecular weight excluding hydrogens is 330 g/mol. The Hall–Kier alpha value is -2.08. The third kappa shape index (κ3) is 4.18. The van der Waals surface area contributed by atoms with Gasteiger partial charge in [0.15, 0.2) is 0 Å². The molecule has 1 unspecified atom stereocenters. The molecule has 6 heteroatoms. The number of amides is 3. The number of ether oxygens (including phenoxy) is 1.